The van der Waals surface area contributed by atoms with Crippen molar-refractivity contribution in [2.24, 2.45) is 7.05 Å². The Labute approximate surface area is 111 Å². The van der Waals surface area contributed by atoms with Crippen molar-refractivity contribution in [1.29, 1.82) is 0 Å². The van der Waals surface area contributed by atoms with Crippen LogP contribution in [-0.4, -0.2) is 19.5 Å². The molecule has 0 bridgehead atoms. The highest BCUT2D eigenvalue weighted by Crippen LogP contribution is 2.23. The highest BCUT2D eigenvalue weighted by molar-refractivity contribution is 5.85. The van der Waals surface area contributed by atoms with Gasteiger partial charge in [-0.2, -0.15) is 0 Å². The lowest BCUT2D eigenvalue weighted by Crippen LogP contribution is -2.08. The number of aryl methyl sites for hydroxylation is 1. The number of rotatable bonds is 3. The summed E-state index contributed by atoms with van der Waals surface area (Å²) < 4.78 is 1.99. The van der Waals surface area contributed by atoms with Crippen molar-refractivity contribution in [1.82, 2.24) is 19.5 Å². The molecule has 19 heavy (non-hydrogen) atoms. The van der Waals surface area contributed by atoms with Crippen molar-refractivity contribution in [3.63, 3.8) is 0 Å². The average molecular weight is 253 g/mol. The summed E-state index contributed by atoms with van der Waals surface area (Å²) in [6.07, 6.45) is 7.19. The second-order valence-electron chi connectivity index (χ2n) is 4.53. The van der Waals surface area contributed by atoms with E-state index in [1.807, 2.05) is 29.8 Å². The van der Waals surface area contributed by atoms with Crippen LogP contribution in [0.4, 0.5) is 5.82 Å². The van der Waals surface area contributed by atoms with E-state index in [1.54, 1.807) is 24.9 Å². The summed E-state index contributed by atoms with van der Waals surface area (Å²) in [5, 5.41) is 3.40. The molecule has 0 amide bonds. The third-order valence-corrected chi connectivity index (χ3v) is 3.20. The van der Waals surface area contributed by atoms with Crippen LogP contribution in [0.15, 0.2) is 43.1 Å². The second-order valence-corrected chi connectivity index (χ2v) is 4.53. The Morgan fingerprint density at radius 2 is 1.89 bits per heavy atom. The first kappa shape index (κ1) is 11.6. The molecule has 1 N–H and O–H groups in total. The summed E-state index contributed by atoms with van der Waals surface area (Å²) in [5.41, 5.74) is 3.13. The molecule has 3 heterocycles. The molecule has 3 aromatic heterocycles. The van der Waals surface area contributed by atoms with Gasteiger partial charge in [0.05, 0.1) is 17.9 Å². The zero-order valence-electron chi connectivity index (χ0n) is 10.9. The molecule has 0 aromatic carbocycles. The molecule has 5 nitrogen and oxygen atoms in total. The molecule has 0 radical (unpaired) electrons. The molecule has 3 aromatic rings. The predicted molar refractivity (Wildman–Crippen MR) is 74.8 cm³/mol. The molecule has 0 aliphatic carbocycles. The fraction of sp³-hybridized carbons (Fsp3) is 0.214. The standard InChI is InChI=1S/C14H15N5/c1-10(11-3-6-15-7-4-11)18-14-13-12(5-8-16-14)19(2)9-17-13/h3-10H,1-2H3,(H,16,18). The van der Waals surface area contributed by atoms with Crippen molar-refractivity contribution in [3.8, 4) is 0 Å². The van der Waals surface area contributed by atoms with Crippen LogP contribution in [0.3, 0.4) is 0 Å². The van der Waals surface area contributed by atoms with Crippen LogP contribution in [0.2, 0.25) is 0 Å². The van der Waals surface area contributed by atoms with E-state index in [4.69, 9.17) is 0 Å². The SMILES string of the molecule is CC(Nc1nccc2c1ncn2C)c1ccncc1. The van der Waals surface area contributed by atoms with Gasteiger partial charge in [-0.1, -0.05) is 0 Å². The second kappa shape index (κ2) is 4.68. The molecular formula is C14H15N5. The highest BCUT2D eigenvalue weighted by Gasteiger charge is 2.10. The Balaban J connectivity index is 1.93. The van der Waals surface area contributed by atoms with Crippen molar-refractivity contribution in [2.45, 2.75) is 13.0 Å². The quantitative estimate of drug-likeness (QED) is 0.779. The van der Waals surface area contributed by atoms with Crippen LogP contribution in [-0.2, 0) is 7.05 Å². The number of anilines is 1. The molecule has 0 aliphatic heterocycles. The number of fused-ring (bicyclic) bond motifs is 1. The van der Waals surface area contributed by atoms with Crippen LogP contribution in [0.25, 0.3) is 11.0 Å². The Morgan fingerprint density at radius 3 is 2.68 bits per heavy atom. The summed E-state index contributed by atoms with van der Waals surface area (Å²) in [5.74, 6) is 0.808. The first-order valence-electron chi connectivity index (χ1n) is 6.18. The van der Waals surface area contributed by atoms with Crippen molar-refractivity contribution >= 4 is 16.9 Å². The summed E-state index contributed by atoms with van der Waals surface area (Å²) in [6.45, 7) is 2.10. The van der Waals surface area contributed by atoms with Crippen LogP contribution < -0.4 is 5.32 Å². The van der Waals surface area contributed by atoms with E-state index in [1.165, 1.54) is 5.56 Å². The topological polar surface area (TPSA) is 55.6 Å². The zero-order valence-corrected chi connectivity index (χ0v) is 10.9. The maximum atomic E-state index is 4.39. The summed E-state index contributed by atoms with van der Waals surface area (Å²) in [6, 6.07) is 6.11. The molecule has 5 heteroatoms. The van der Waals surface area contributed by atoms with E-state index in [0.717, 1.165) is 16.9 Å². The van der Waals surface area contributed by atoms with Gasteiger partial charge in [-0.25, -0.2) is 9.97 Å². The first-order valence-corrected chi connectivity index (χ1v) is 6.18. The van der Waals surface area contributed by atoms with Crippen LogP contribution in [0.1, 0.15) is 18.5 Å². The number of pyridine rings is 2. The van der Waals surface area contributed by atoms with Gasteiger partial charge in [-0.15, -0.1) is 0 Å². The zero-order chi connectivity index (χ0) is 13.2. The summed E-state index contributed by atoms with van der Waals surface area (Å²) in [4.78, 5) is 12.8. The van der Waals surface area contributed by atoms with Gasteiger partial charge in [-0.3, -0.25) is 4.98 Å². The van der Waals surface area contributed by atoms with Gasteiger partial charge >= 0.3 is 0 Å². The third kappa shape index (κ3) is 2.14. The smallest absolute Gasteiger partial charge is 0.154 e. The highest BCUT2D eigenvalue weighted by atomic mass is 15.1. The number of hydrogen-bond donors (Lipinski definition) is 1. The van der Waals surface area contributed by atoms with Gasteiger partial charge in [0, 0.05) is 25.6 Å². The molecule has 1 unspecified atom stereocenters. The first-order chi connectivity index (χ1) is 9.25. The van der Waals surface area contributed by atoms with Gasteiger partial charge < -0.3 is 9.88 Å². The van der Waals surface area contributed by atoms with Crippen LogP contribution in [0, 0.1) is 0 Å². The minimum absolute atomic E-state index is 0.156. The average Bonchev–Trinajstić information content (AvgIpc) is 2.83. The van der Waals surface area contributed by atoms with Crippen LogP contribution in [0.5, 0.6) is 0 Å². The maximum absolute atomic E-state index is 4.39. The molecular weight excluding hydrogens is 238 g/mol. The lowest BCUT2D eigenvalue weighted by molar-refractivity contribution is 0.873. The fourth-order valence-corrected chi connectivity index (χ4v) is 2.11. The van der Waals surface area contributed by atoms with Gasteiger partial charge in [0.1, 0.15) is 5.52 Å². The van der Waals surface area contributed by atoms with E-state index < -0.39 is 0 Å². The van der Waals surface area contributed by atoms with E-state index in [-0.39, 0.29) is 6.04 Å². The third-order valence-electron chi connectivity index (χ3n) is 3.20. The van der Waals surface area contributed by atoms with Gasteiger partial charge in [-0.05, 0) is 30.7 Å². The van der Waals surface area contributed by atoms with Gasteiger partial charge in [0.25, 0.3) is 0 Å². The van der Waals surface area contributed by atoms with Gasteiger partial charge in [0.2, 0.25) is 0 Å². The van der Waals surface area contributed by atoms with E-state index in [9.17, 15) is 0 Å². The largest absolute Gasteiger partial charge is 0.362 e. The summed E-state index contributed by atoms with van der Waals surface area (Å²) in [7, 11) is 1.98. The Morgan fingerprint density at radius 1 is 1.11 bits per heavy atom. The van der Waals surface area contributed by atoms with E-state index >= 15 is 0 Å². The van der Waals surface area contributed by atoms with Crippen LogP contribution >= 0.6 is 0 Å². The van der Waals surface area contributed by atoms with Crippen molar-refractivity contribution in [3.05, 3.63) is 48.7 Å². The molecule has 0 saturated heterocycles. The Bertz CT molecular complexity index is 689. The molecule has 0 spiro atoms. The number of hydrogen-bond acceptors (Lipinski definition) is 4. The number of nitrogens with one attached hydrogen (secondary N) is 1. The fourth-order valence-electron chi connectivity index (χ4n) is 2.11. The number of aromatic nitrogens is 4. The minimum Gasteiger partial charge on any atom is -0.362 e. The minimum atomic E-state index is 0.156. The Kier molecular flexibility index (Phi) is 2.87. The monoisotopic (exact) mass is 253 g/mol. The number of imidazole rings is 1. The van der Waals surface area contributed by atoms with Crippen molar-refractivity contribution in [2.75, 3.05) is 5.32 Å². The molecule has 96 valence electrons. The maximum Gasteiger partial charge on any atom is 0.154 e. The lowest BCUT2D eigenvalue weighted by Gasteiger charge is -2.14. The normalized spacial score (nSPS) is 12.5. The molecule has 3 rings (SSSR count). The Hall–Kier alpha value is -2.43. The molecule has 0 fully saturated rings. The molecule has 0 aliphatic rings. The lowest BCUT2D eigenvalue weighted by atomic mass is 10.1. The summed E-state index contributed by atoms with van der Waals surface area (Å²) >= 11 is 0. The van der Waals surface area contributed by atoms with Gasteiger partial charge in [0.15, 0.2) is 5.82 Å². The van der Waals surface area contributed by atoms with E-state index in [0.29, 0.717) is 0 Å². The van der Waals surface area contributed by atoms with Crippen molar-refractivity contribution < 1.29 is 0 Å². The number of nitrogens with zero attached hydrogens (tertiary/aromatic N) is 4. The predicted octanol–water partition coefficient (Wildman–Crippen LogP) is 2.54. The molecule has 1 atom stereocenters. The molecule has 0 saturated carbocycles. The van der Waals surface area contributed by atoms with E-state index in [2.05, 4.69) is 27.2 Å².